The molecular formula is C14H18BrNO. The molecule has 2 nitrogen and oxygen atoms in total. The Kier molecular flexibility index (Phi) is 3.87. The highest BCUT2D eigenvalue weighted by Gasteiger charge is 2.29. The van der Waals surface area contributed by atoms with Crippen LogP contribution < -0.4 is 0 Å². The summed E-state index contributed by atoms with van der Waals surface area (Å²) in [7, 11) is 0. The van der Waals surface area contributed by atoms with E-state index in [0.717, 1.165) is 24.0 Å². The van der Waals surface area contributed by atoms with E-state index in [9.17, 15) is 4.79 Å². The molecule has 1 aromatic carbocycles. The molecule has 1 aliphatic rings. The van der Waals surface area contributed by atoms with Crippen LogP contribution in [0.5, 0.6) is 0 Å². The predicted octanol–water partition coefficient (Wildman–Crippen LogP) is 3.31. The molecule has 1 heterocycles. The largest absolute Gasteiger partial charge is 0.338 e. The van der Waals surface area contributed by atoms with Crippen molar-refractivity contribution in [1.29, 1.82) is 0 Å². The van der Waals surface area contributed by atoms with Crippen LogP contribution in [0.2, 0.25) is 0 Å². The molecule has 17 heavy (non-hydrogen) atoms. The molecule has 0 aromatic heterocycles. The SMILES string of the molecule is CC1CN(C(=O)c2ccc(CBr)cc2)CC1C. The van der Waals surface area contributed by atoms with Crippen LogP contribution in [0.3, 0.4) is 0 Å². The Morgan fingerprint density at radius 1 is 1.24 bits per heavy atom. The molecular weight excluding hydrogens is 278 g/mol. The van der Waals surface area contributed by atoms with Gasteiger partial charge in [0, 0.05) is 24.0 Å². The molecule has 92 valence electrons. The van der Waals surface area contributed by atoms with Crippen LogP contribution in [0, 0.1) is 11.8 Å². The summed E-state index contributed by atoms with van der Waals surface area (Å²) < 4.78 is 0. The Balaban J connectivity index is 2.09. The minimum absolute atomic E-state index is 0.169. The van der Waals surface area contributed by atoms with Gasteiger partial charge in [-0.05, 0) is 29.5 Å². The van der Waals surface area contributed by atoms with Crippen molar-refractivity contribution in [3.05, 3.63) is 35.4 Å². The van der Waals surface area contributed by atoms with Crippen LogP contribution in [-0.4, -0.2) is 23.9 Å². The summed E-state index contributed by atoms with van der Waals surface area (Å²) in [6.45, 7) is 6.21. The molecule has 3 heteroatoms. The summed E-state index contributed by atoms with van der Waals surface area (Å²) in [5.74, 6) is 1.39. The van der Waals surface area contributed by atoms with E-state index in [-0.39, 0.29) is 5.91 Å². The number of alkyl halides is 1. The summed E-state index contributed by atoms with van der Waals surface area (Å²) in [5.41, 5.74) is 2.00. The first kappa shape index (κ1) is 12.6. The van der Waals surface area contributed by atoms with Crippen molar-refractivity contribution < 1.29 is 4.79 Å². The molecule has 1 aromatic rings. The van der Waals surface area contributed by atoms with E-state index in [1.807, 2.05) is 29.2 Å². The molecule has 0 aliphatic carbocycles. The van der Waals surface area contributed by atoms with Gasteiger partial charge in [0.15, 0.2) is 0 Å². The number of likely N-dealkylation sites (tertiary alicyclic amines) is 1. The van der Waals surface area contributed by atoms with Crippen LogP contribution in [0.15, 0.2) is 24.3 Å². The summed E-state index contributed by atoms with van der Waals surface area (Å²) in [6.07, 6.45) is 0. The first-order chi connectivity index (χ1) is 8.11. The number of nitrogens with zero attached hydrogens (tertiary/aromatic N) is 1. The fourth-order valence-corrected chi connectivity index (χ4v) is 2.59. The molecule has 0 saturated carbocycles. The van der Waals surface area contributed by atoms with Gasteiger partial charge in [-0.25, -0.2) is 0 Å². The Morgan fingerprint density at radius 3 is 2.24 bits per heavy atom. The van der Waals surface area contributed by atoms with E-state index in [0.29, 0.717) is 11.8 Å². The monoisotopic (exact) mass is 295 g/mol. The van der Waals surface area contributed by atoms with E-state index >= 15 is 0 Å². The molecule has 0 N–H and O–H groups in total. The predicted molar refractivity (Wildman–Crippen MR) is 73.3 cm³/mol. The van der Waals surface area contributed by atoms with Crippen molar-refractivity contribution in [2.75, 3.05) is 13.1 Å². The molecule has 1 saturated heterocycles. The zero-order chi connectivity index (χ0) is 12.4. The van der Waals surface area contributed by atoms with E-state index in [1.165, 1.54) is 5.56 Å². The lowest BCUT2D eigenvalue weighted by molar-refractivity contribution is 0.0785. The third-order valence-corrected chi connectivity index (χ3v) is 4.28. The van der Waals surface area contributed by atoms with Crippen molar-refractivity contribution in [1.82, 2.24) is 4.90 Å². The minimum Gasteiger partial charge on any atom is -0.338 e. The van der Waals surface area contributed by atoms with Gasteiger partial charge in [0.05, 0.1) is 0 Å². The van der Waals surface area contributed by atoms with Gasteiger partial charge in [-0.3, -0.25) is 4.79 Å². The van der Waals surface area contributed by atoms with Gasteiger partial charge in [-0.2, -0.15) is 0 Å². The molecule has 1 fully saturated rings. The molecule has 1 amide bonds. The van der Waals surface area contributed by atoms with Crippen LogP contribution >= 0.6 is 15.9 Å². The summed E-state index contributed by atoms with van der Waals surface area (Å²) in [5, 5.41) is 0.833. The van der Waals surface area contributed by atoms with Crippen molar-refractivity contribution in [3.63, 3.8) is 0 Å². The van der Waals surface area contributed by atoms with Crippen molar-refractivity contribution in [2.45, 2.75) is 19.2 Å². The van der Waals surface area contributed by atoms with E-state index < -0.39 is 0 Å². The fraction of sp³-hybridized carbons (Fsp3) is 0.500. The average molecular weight is 296 g/mol. The first-order valence-corrected chi connectivity index (χ1v) is 7.18. The second-order valence-corrected chi connectivity index (χ2v) is 5.56. The van der Waals surface area contributed by atoms with Gasteiger partial charge in [-0.15, -0.1) is 0 Å². The number of hydrogen-bond donors (Lipinski definition) is 0. The quantitative estimate of drug-likeness (QED) is 0.767. The third-order valence-electron chi connectivity index (χ3n) is 3.63. The normalized spacial score (nSPS) is 24.1. The second-order valence-electron chi connectivity index (χ2n) is 5.00. The molecule has 2 atom stereocenters. The number of carbonyl (C=O) groups is 1. The zero-order valence-corrected chi connectivity index (χ0v) is 11.9. The highest BCUT2D eigenvalue weighted by Crippen LogP contribution is 2.23. The van der Waals surface area contributed by atoms with Gasteiger partial charge in [0.1, 0.15) is 0 Å². The lowest BCUT2D eigenvalue weighted by Crippen LogP contribution is -2.28. The molecule has 2 rings (SSSR count). The topological polar surface area (TPSA) is 20.3 Å². The number of carbonyl (C=O) groups excluding carboxylic acids is 1. The Bertz CT molecular complexity index is 391. The van der Waals surface area contributed by atoms with Crippen LogP contribution in [-0.2, 0) is 5.33 Å². The number of benzene rings is 1. The molecule has 0 bridgehead atoms. The average Bonchev–Trinajstić information content (AvgIpc) is 2.69. The van der Waals surface area contributed by atoms with Gasteiger partial charge in [-0.1, -0.05) is 41.9 Å². The van der Waals surface area contributed by atoms with Gasteiger partial charge in [0.25, 0.3) is 5.91 Å². The van der Waals surface area contributed by atoms with Crippen molar-refractivity contribution in [2.24, 2.45) is 11.8 Å². The minimum atomic E-state index is 0.169. The van der Waals surface area contributed by atoms with Crippen LogP contribution in [0.25, 0.3) is 0 Å². The van der Waals surface area contributed by atoms with Crippen molar-refractivity contribution in [3.8, 4) is 0 Å². The van der Waals surface area contributed by atoms with E-state index in [2.05, 4.69) is 29.8 Å². The summed E-state index contributed by atoms with van der Waals surface area (Å²) >= 11 is 3.41. The highest BCUT2D eigenvalue weighted by atomic mass is 79.9. The second kappa shape index (κ2) is 5.21. The third kappa shape index (κ3) is 2.71. The smallest absolute Gasteiger partial charge is 0.253 e. The lowest BCUT2D eigenvalue weighted by Gasteiger charge is -2.16. The first-order valence-electron chi connectivity index (χ1n) is 6.06. The maximum absolute atomic E-state index is 12.3. The van der Waals surface area contributed by atoms with Gasteiger partial charge >= 0.3 is 0 Å². The van der Waals surface area contributed by atoms with Gasteiger partial charge < -0.3 is 4.90 Å². The fourth-order valence-electron chi connectivity index (χ4n) is 2.21. The Morgan fingerprint density at radius 2 is 1.76 bits per heavy atom. The van der Waals surface area contributed by atoms with Crippen molar-refractivity contribution >= 4 is 21.8 Å². The zero-order valence-electron chi connectivity index (χ0n) is 10.3. The van der Waals surface area contributed by atoms with Gasteiger partial charge in [0.2, 0.25) is 0 Å². The molecule has 1 aliphatic heterocycles. The number of hydrogen-bond acceptors (Lipinski definition) is 1. The standard InChI is InChI=1S/C14H18BrNO/c1-10-8-16(9-11(10)2)14(17)13-5-3-12(7-15)4-6-13/h3-6,10-11H,7-9H2,1-2H3. The number of halogens is 1. The molecule has 0 spiro atoms. The maximum Gasteiger partial charge on any atom is 0.253 e. The number of rotatable bonds is 2. The summed E-state index contributed by atoms with van der Waals surface area (Å²) in [4.78, 5) is 14.2. The Hall–Kier alpha value is -0.830. The molecule has 2 unspecified atom stereocenters. The lowest BCUT2D eigenvalue weighted by atomic mass is 10.0. The Labute approximate surface area is 111 Å². The van der Waals surface area contributed by atoms with E-state index in [1.54, 1.807) is 0 Å². The highest BCUT2D eigenvalue weighted by molar-refractivity contribution is 9.08. The summed E-state index contributed by atoms with van der Waals surface area (Å²) in [6, 6.07) is 7.86. The van der Waals surface area contributed by atoms with Crippen LogP contribution in [0.4, 0.5) is 0 Å². The number of amides is 1. The van der Waals surface area contributed by atoms with Crippen LogP contribution in [0.1, 0.15) is 29.8 Å². The van der Waals surface area contributed by atoms with E-state index in [4.69, 9.17) is 0 Å². The molecule has 0 radical (unpaired) electrons. The maximum atomic E-state index is 12.3.